The minimum absolute atomic E-state index is 0.0133. The van der Waals surface area contributed by atoms with Crippen molar-refractivity contribution in [1.29, 1.82) is 0 Å². The molecule has 0 saturated heterocycles. The van der Waals surface area contributed by atoms with Gasteiger partial charge in [-0.3, -0.25) is 9.59 Å². The van der Waals surface area contributed by atoms with Crippen LogP contribution in [0.2, 0.25) is 0 Å². The van der Waals surface area contributed by atoms with Gasteiger partial charge in [-0.2, -0.15) is 0 Å². The number of amides is 1. The Balaban J connectivity index is 1.91. The molecule has 2 rings (SSSR count). The minimum Gasteiger partial charge on any atom is -0.481 e. The lowest BCUT2D eigenvalue weighted by Gasteiger charge is -2.05. The van der Waals surface area contributed by atoms with Gasteiger partial charge in [0.05, 0.1) is 19.4 Å². The number of hydrogen-bond acceptors (Lipinski definition) is 5. The zero-order valence-electron chi connectivity index (χ0n) is 11.3. The third-order valence-corrected chi connectivity index (χ3v) is 2.76. The SMILES string of the molecule is O=C(O)CCNC(=O)Cc1nnnn1Cc1ccccc1. The van der Waals surface area contributed by atoms with Gasteiger partial charge in [0.2, 0.25) is 5.91 Å². The van der Waals surface area contributed by atoms with E-state index in [4.69, 9.17) is 5.11 Å². The van der Waals surface area contributed by atoms with Crippen LogP contribution in [0.25, 0.3) is 0 Å². The van der Waals surface area contributed by atoms with Crippen molar-refractivity contribution in [2.24, 2.45) is 0 Å². The highest BCUT2D eigenvalue weighted by molar-refractivity contribution is 5.78. The smallest absolute Gasteiger partial charge is 0.305 e. The van der Waals surface area contributed by atoms with E-state index in [0.29, 0.717) is 12.4 Å². The molecule has 2 aromatic rings. The van der Waals surface area contributed by atoms with Crippen molar-refractivity contribution in [3.05, 3.63) is 41.7 Å². The first-order valence-corrected chi connectivity index (χ1v) is 6.42. The third-order valence-electron chi connectivity index (χ3n) is 2.76. The molecular formula is C13H15N5O3. The van der Waals surface area contributed by atoms with Crippen LogP contribution >= 0.6 is 0 Å². The second-order valence-corrected chi connectivity index (χ2v) is 4.41. The molecule has 0 aliphatic carbocycles. The van der Waals surface area contributed by atoms with Gasteiger partial charge in [0.1, 0.15) is 0 Å². The maximum absolute atomic E-state index is 11.7. The number of carboxylic acids is 1. The molecule has 1 amide bonds. The molecule has 8 nitrogen and oxygen atoms in total. The minimum atomic E-state index is -0.954. The maximum atomic E-state index is 11.7. The van der Waals surface area contributed by atoms with Crippen LogP contribution in [0.4, 0.5) is 0 Å². The van der Waals surface area contributed by atoms with Crippen LogP contribution < -0.4 is 5.32 Å². The molecule has 0 fully saturated rings. The number of carbonyl (C=O) groups excluding carboxylic acids is 1. The fourth-order valence-corrected chi connectivity index (χ4v) is 1.74. The van der Waals surface area contributed by atoms with Gasteiger partial charge in [-0.1, -0.05) is 30.3 Å². The summed E-state index contributed by atoms with van der Waals surface area (Å²) in [6, 6.07) is 9.63. The van der Waals surface area contributed by atoms with Gasteiger partial charge in [-0.25, -0.2) is 4.68 Å². The van der Waals surface area contributed by atoms with Crippen LogP contribution in [0.5, 0.6) is 0 Å². The third kappa shape index (κ3) is 4.68. The highest BCUT2D eigenvalue weighted by Crippen LogP contribution is 2.03. The highest BCUT2D eigenvalue weighted by atomic mass is 16.4. The van der Waals surface area contributed by atoms with Gasteiger partial charge in [0.25, 0.3) is 0 Å². The molecule has 1 aromatic heterocycles. The molecule has 1 aromatic carbocycles. The molecule has 0 spiro atoms. The molecule has 0 aliphatic heterocycles. The Hall–Kier alpha value is -2.77. The summed E-state index contributed by atoms with van der Waals surface area (Å²) in [5, 5.41) is 22.3. The number of nitrogens with zero attached hydrogens (tertiary/aromatic N) is 4. The molecule has 110 valence electrons. The van der Waals surface area contributed by atoms with Crippen LogP contribution in [0, 0.1) is 0 Å². The van der Waals surface area contributed by atoms with Crippen molar-refractivity contribution in [2.45, 2.75) is 19.4 Å². The average Bonchev–Trinajstić information content (AvgIpc) is 2.86. The van der Waals surface area contributed by atoms with Crippen LogP contribution in [-0.2, 0) is 22.6 Å². The largest absolute Gasteiger partial charge is 0.481 e. The van der Waals surface area contributed by atoms with Gasteiger partial charge >= 0.3 is 5.97 Å². The Labute approximate surface area is 120 Å². The number of carbonyl (C=O) groups is 2. The van der Waals surface area contributed by atoms with Gasteiger partial charge < -0.3 is 10.4 Å². The topological polar surface area (TPSA) is 110 Å². The lowest BCUT2D eigenvalue weighted by molar-refractivity contribution is -0.136. The molecule has 0 atom stereocenters. The standard InChI is InChI=1S/C13H15N5O3/c19-12(14-7-6-13(20)21)8-11-15-16-17-18(11)9-10-4-2-1-3-5-10/h1-5H,6-9H2,(H,14,19)(H,20,21). The fourth-order valence-electron chi connectivity index (χ4n) is 1.74. The summed E-state index contributed by atoms with van der Waals surface area (Å²) in [6.07, 6.45) is -0.0971. The summed E-state index contributed by atoms with van der Waals surface area (Å²) in [4.78, 5) is 22.1. The highest BCUT2D eigenvalue weighted by Gasteiger charge is 2.11. The van der Waals surface area contributed by atoms with Gasteiger partial charge in [-0.15, -0.1) is 5.10 Å². The summed E-state index contributed by atoms with van der Waals surface area (Å²) in [7, 11) is 0. The molecule has 2 N–H and O–H groups in total. The normalized spacial score (nSPS) is 10.3. The van der Waals surface area contributed by atoms with E-state index in [-0.39, 0.29) is 25.3 Å². The Morgan fingerprint density at radius 2 is 2.00 bits per heavy atom. The molecule has 0 radical (unpaired) electrons. The summed E-state index contributed by atoms with van der Waals surface area (Å²) in [6.45, 7) is 0.569. The number of aliphatic carboxylic acids is 1. The van der Waals surface area contributed by atoms with Crippen LogP contribution in [0.15, 0.2) is 30.3 Å². The molecule has 8 heteroatoms. The number of benzene rings is 1. The van der Waals surface area contributed by atoms with E-state index >= 15 is 0 Å². The summed E-state index contributed by atoms with van der Waals surface area (Å²) < 4.78 is 1.55. The Bertz CT molecular complexity index is 611. The molecule has 0 saturated carbocycles. The van der Waals surface area contributed by atoms with E-state index < -0.39 is 5.97 Å². The van der Waals surface area contributed by atoms with Crippen LogP contribution in [0.3, 0.4) is 0 Å². The van der Waals surface area contributed by atoms with Crippen molar-refractivity contribution < 1.29 is 14.7 Å². The predicted molar refractivity (Wildman–Crippen MR) is 72.3 cm³/mol. The second-order valence-electron chi connectivity index (χ2n) is 4.41. The lowest BCUT2D eigenvalue weighted by atomic mass is 10.2. The van der Waals surface area contributed by atoms with Crippen molar-refractivity contribution >= 4 is 11.9 Å². The Morgan fingerprint density at radius 3 is 2.71 bits per heavy atom. The van der Waals surface area contributed by atoms with Crippen molar-refractivity contribution in [2.75, 3.05) is 6.54 Å². The number of carboxylic acid groups (broad SMARTS) is 1. The number of aromatic nitrogens is 4. The number of hydrogen-bond donors (Lipinski definition) is 2. The fraction of sp³-hybridized carbons (Fsp3) is 0.308. The van der Waals surface area contributed by atoms with Crippen LogP contribution in [0.1, 0.15) is 17.8 Å². The van der Waals surface area contributed by atoms with Crippen molar-refractivity contribution in [3.63, 3.8) is 0 Å². The van der Waals surface area contributed by atoms with Crippen LogP contribution in [-0.4, -0.2) is 43.7 Å². The summed E-state index contributed by atoms with van der Waals surface area (Å²) in [5.41, 5.74) is 1.03. The first-order valence-electron chi connectivity index (χ1n) is 6.42. The summed E-state index contributed by atoms with van der Waals surface area (Å²) >= 11 is 0. The average molecular weight is 289 g/mol. The van der Waals surface area contributed by atoms with E-state index in [1.807, 2.05) is 30.3 Å². The monoisotopic (exact) mass is 289 g/mol. The van der Waals surface area contributed by atoms with Gasteiger partial charge in [-0.05, 0) is 16.0 Å². The molecule has 0 aliphatic rings. The second kappa shape index (κ2) is 7.13. The molecule has 1 heterocycles. The zero-order chi connectivity index (χ0) is 15.1. The summed E-state index contributed by atoms with van der Waals surface area (Å²) in [5.74, 6) is -0.823. The quantitative estimate of drug-likeness (QED) is 0.733. The lowest BCUT2D eigenvalue weighted by Crippen LogP contribution is -2.28. The van der Waals surface area contributed by atoms with E-state index in [1.165, 1.54) is 0 Å². The number of tetrazole rings is 1. The Kier molecular flexibility index (Phi) is 4.97. The Morgan fingerprint density at radius 1 is 1.24 bits per heavy atom. The predicted octanol–water partition coefficient (Wildman–Crippen LogP) is -0.145. The van der Waals surface area contributed by atoms with Gasteiger partial charge in [0.15, 0.2) is 5.82 Å². The first kappa shape index (κ1) is 14.6. The molecular weight excluding hydrogens is 274 g/mol. The number of nitrogens with one attached hydrogen (secondary N) is 1. The van der Waals surface area contributed by atoms with Gasteiger partial charge in [0, 0.05) is 6.54 Å². The van der Waals surface area contributed by atoms with E-state index in [1.54, 1.807) is 4.68 Å². The number of rotatable bonds is 7. The molecule has 21 heavy (non-hydrogen) atoms. The maximum Gasteiger partial charge on any atom is 0.305 e. The van der Waals surface area contributed by atoms with E-state index in [9.17, 15) is 9.59 Å². The molecule has 0 bridgehead atoms. The van der Waals surface area contributed by atoms with Crippen molar-refractivity contribution in [3.8, 4) is 0 Å². The van der Waals surface area contributed by atoms with Crippen molar-refractivity contribution in [1.82, 2.24) is 25.5 Å². The first-order chi connectivity index (χ1) is 10.1. The van der Waals surface area contributed by atoms with E-state index in [2.05, 4.69) is 20.8 Å². The van der Waals surface area contributed by atoms with E-state index in [0.717, 1.165) is 5.56 Å². The molecule has 0 unspecified atom stereocenters. The zero-order valence-corrected chi connectivity index (χ0v) is 11.3.